The van der Waals surface area contributed by atoms with Crippen LogP contribution in [0.2, 0.25) is 0 Å². The quantitative estimate of drug-likeness (QED) is 0.533. The molecule has 0 aliphatic heterocycles. The number of allylic oxidation sites excluding steroid dienone is 4. The molecule has 26 heavy (non-hydrogen) atoms. The summed E-state index contributed by atoms with van der Waals surface area (Å²) >= 11 is 0. The second-order valence-corrected chi connectivity index (χ2v) is 9.40. The lowest BCUT2D eigenvalue weighted by molar-refractivity contribution is -0.743. The van der Waals surface area contributed by atoms with E-state index in [1.165, 1.54) is 12.0 Å². The summed E-state index contributed by atoms with van der Waals surface area (Å²) in [7, 11) is 0. The number of hydrogen-bond acceptors (Lipinski definition) is 4. The molecular weight excluding hydrogens is 330 g/mol. The Balaban J connectivity index is 1.64. The van der Waals surface area contributed by atoms with Crippen molar-refractivity contribution in [2.45, 2.75) is 65.7 Å². The summed E-state index contributed by atoms with van der Waals surface area (Å²) in [5.74, 6) is 2.96. The number of carbonyl (C=O) groups excluding carboxylic acids is 1. The second kappa shape index (κ2) is 5.93. The molecule has 0 aromatic rings. The summed E-state index contributed by atoms with van der Waals surface area (Å²) in [4.78, 5) is 27.6. The number of rotatable bonds is 3. The van der Waals surface area contributed by atoms with E-state index >= 15 is 0 Å². The molecule has 4 rings (SSSR count). The Kier molecular flexibility index (Phi) is 4.05. The first-order valence-electron chi connectivity index (χ1n) is 10.00. The lowest BCUT2D eigenvalue weighted by Crippen LogP contribution is -2.49. The third kappa shape index (κ3) is 2.46. The van der Waals surface area contributed by atoms with Crippen LogP contribution in [0.4, 0.5) is 0 Å². The topological polar surface area (TPSA) is 69.4 Å². The fourth-order valence-corrected chi connectivity index (χ4v) is 7.14. The van der Waals surface area contributed by atoms with Crippen LogP contribution in [0.15, 0.2) is 23.5 Å². The predicted molar refractivity (Wildman–Crippen MR) is 97.4 cm³/mol. The average Bonchev–Trinajstić information content (AvgIpc) is 2.92. The maximum atomic E-state index is 12.2. The first-order chi connectivity index (χ1) is 12.3. The molecule has 0 amide bonds. The minimum atomic E-state index is -0.701. The lowest BCUT2D eigenvalue weighted by Gasteiger charge is -2.56. The van der Waals surface area contributed by atoms with Gasteiger partial charge in [-0.15, -0.1) is 10.1 Å². The molecule has 4 aliphatic rings. The van der Waals surface area contributed by atoms with Crippen molar-refractivity contribution in [2.24, 2.45) is 34.5 Å². The summed E-state index contributed by atoms with van der Waals surface area (Å²) in [6, 6.07) is 0. The molecule has 0 aromatic carbocycles. The van der Waals surface area contributed by atoms with Crippen molar-refractivity contribution in [3.05, 3.63) is 33.6 Å². The summed E-state index contributed by atoms with van der Waals surface area (Å²) in [5, 5.41) is 9.98. The van der Waals surface area contributed by atoms with E-state index in [0.29, 0.717) is 35.7 Å². The van der Waals surface area contributed by atoms with Crippen LogP contribution in [0.25, 0.3) is 0 Å². The smallest absolute Gasteiger partial charge is 0.299 e. The Morgan fingerprint density at radius 1 is 1.23 bits per heavy atom. The van der Waals surface area contributed by atoms with Crippen LogP contribution < -0.4 is 0 Å². The SMILES string of the molecule is CC(=O)C1CCC2C3CC=C4C=C(O[N+](=O)[O-])CCC4(C)C3CCC12C. The van der Waals surface area contributed by atoms with Crippen molar-refractivity contribution in [1.29, 1.82) is 0 Å². The zero-order chi connectivity index (χ0) is 18.7. The summed E-state index contributed by atoms with van der Waals surface area (Å²) in [6.07, 6.45) is 11.3. The van der Waals surface area contributed by atoms with E-state index in [0.717, 1.165) is 32.1 Å². The fraction of sp³-hybridized carbons (Fsp3) is 0.762. The molecule has 0 bridgehead atoms. The highest BCUT2D eigenvalue weighted by molar-refractivity contribution is 5.79. The highest BCUT2D eigenvalue weighted by Gasteiger charge is 2.59. The van der Waals surface area contributed by atoms with Crippen molar-refractivity contribution >= 4 is 5.78 Å². The van der Waals surface area contributed by atoms with Crippen LogP contribution in [-0.2, 0) is 9.63 Å². The lowest BCUT2D eigenvalue weighted by atomic mass is 9.48. The van der Waals surface area contributed by atoms with E-state index in [-0.39, 0.29) is 16.7 Å². The molecule has 0 saturated heterocycles. The van der Waals surface area contributed by atoms with E-state index in [1.54, 1.807) is 6.92 Å². The van der Waals surface area contributed by atoms with Gasteiger partial charge in [0, 0.05) is 5.92 Å². The average molecular weight is 359 g/mol. The largest absolute Gasteiger partial charge is 0.300 e. The van der Waals surface area contributed by atoms with Gasteiger partial charge in [0.2, 0.25) is 0 Å². The van der Waals surface area contributed by atoms with Gasteiger partial charge in [0.25, 0.3) is 5.09 Å². The Hall–Kier alpha value is -1.65. The third-order valence-electron chi connectivity index (χ3n) is 8.41. The van der Waals surface area contributed by atoms with E-state index < -0.39 is 5.09 Å². The standard InChI is InChI=1S/C21H29NO4/c1-13(23)17-6-7-18-16-5-4-14-12-15(26-22(24)25)8-10-20(14,2)19(16)9-11-21(17,18)3/h4,12,16-19H,5-11H2,1-3H3. The fourth-order valence-electron chi connectivity index (χ4n) is 7.14. The van der Waals surface area contributed by atoms with Gasteiger partial charge in [0.05, 0.1) is 0 Å². The number of fused-ring (bicyclic) bond motifs is 5. The first-order valence-corrected chi connectivity index (χ1v) is 10.00. The highest BCUT2D eigenvalue weighted by atomic mass is 17.0. The second-order valence-electron chi connectivity index (χ2n) is 9.40. The van der Waals surface area contributed by atoms with Crippen LogP contribution >= 0.6 is 0 Å². The number of nitrogens with zero attached hydrogens (tertiary/aromatic N) is 1. The highest BCUT2D eigenvalue weighted by Crippen LogP contribution is 2.66. The zero-order valence-electron chi connectivity index (χ0n) is 16.0. The summed E-state index contributed by atoms with van der Waals surface area (Å²) in [5.41, 5.74) is 1.48. The Morgan fingerprint density at radius 3 is 2.69 bits per heavy atom. The minimum Gasteiger partial charge on any atom is -0.300 e. The van der Waals surface area contributed by atoms with E-state index in [4.69, 9.17) is 4.84 Å². The van der Waals surface area contributed by atoms with Gasteiger partial charge in [-0.1, -0.05) is 19.9 Å². The number of hydrogen-bond donors (Lipinski definition) is 0. The summed E-state index contributed by atoms with van der Waals surface area (Å²) < 4.78 is 0. The molecular formula is C21H29NO4. The number of carbonyl (C=O) groups is 1. The maximum absolute atomic E-state index is 12.2. The van der Waals surface area contributed by atoms with Gasteiger partial charge in [0.1, 0.15) is 11.5 Å². The minimum absolute atomic E-state index is 0.0853. The number of ketones is 1. The monoisotopic (exact) mass is 359 g/mol. The van der Waals surface area contributed by atoms with Crippen molar-refractivity contribution in [2.75, 3.05) is 0 Å². The normalized spacial score (nSPS) is 44.1. The molecule has 0 radical (unpaired) electrons. The molecule has 142 valence electrons. The molecule has 2 fully saturated rings. The van der Waals surface area contributed by atoms with Gasteiger partial charge in [-0.2, -0.15) is 0 Å². The van der Waals surface area contributed by atoms with E-state index in [9.17, 15) is 14.9 Å². The van der Waals surface area contributed by atoms with Crippen molar-refractivity contribution in [1.82, 2.24) is 0 Å². The molecule has 0 aromatic heterocycles. The van der Waals surface area contributed by atoms with Crippen molar-refractivity contribution in [3.63, 3.8) is 0 Å². The number of Topliss-reactive ketones (excluding diaryl/α,β-unsaturated/α-hetero) is 1. The molecule has 6 atom stereocenters. The van der Waals surface area contributed by atoms with Crippen molar-refractivity contribution < 1.29 is 14.7 Å². The first kappa shape index (κ1) is 17.7. The summed E-state index contributed by atoms with van der Waals surface area (Å²) in [6.45, 7) is 6.47. The van der Waals surface area contributed by atoms with Crippen LogP contribution in [0.3, 0.4) is 0 Å². The van der Waals surface area contributed by atoms with E-state index in [2.05, 4.69) is 19.9 Å². The van der Waals surface area contributed by atoms with E-state index in [1.807, 2.05) is 6.08 Å². The van der Waals surface area contributed by atoms with Gasteiger partial charge in [-0.3, -0.25) is 9.63 Å². The van der Waals surface area contributed by atoms with Crippen LogP contribution in [-0.4, -0.2) is 10.9 Å². The van der Waals surface area contributed by atoms with Gasteiger partial charge in [0.15, 0.2) is 0 Å². The molecule has 0 spiro atoms. The Bertz CT molecular complexity index is 711. The third-order valence-corrected chi connectivity index (χ3v) is 8.41. The Labute approximate surface area is 155 Å². The van der Waals surface area contributed by atoms with Gasteiger partial charge in [-0.25, -0.2) is 0 Å². The molecule has 4 aliphatic carbocycles. The van der Waals surface area contributed by atoms with Gasteiger partial charge in [-0.05, 0) is 92.1 Å². The van der Waals surface area contributed by atoms with Gasteiger partial charge < -0.3 is 0 Å². The maximum Gasteiger partial charge on any atom is 0.299 e. The van der Waals surface area contributed by atoms with Crippen LogP contribution in [0.1, 0.15) is 65.7 Å². The van der Waals surface area contributed by atoms with Gasteiger partial charge >= 0.3 is 0 Å². The molecule has 5 nitrogen and oxygen atoms in total. The van der Waals surface area contributed by atoms with Crippen LogP contribution in [0.5, 0.6) is 0 Å². The molecule has 0 N–H and O–H groups in total. The van der Waals surface area contributed by atoms with Crippen molar-refractivity contribution in [3.8, 4) is 0 Å². The Morgan fingerprint density at radius 2 is 2.00 bits per heavy atom. The predicted octanol–water partition coefficient (Wildman–Crippen LogP) is 4.86. The van der Waals surface area contributed by atoms with Crippen LogP contribution in [0, 0.1) is 44.6 Å². The molecule has 5 heteroatoms. The molecule has 6 unspecified atom stereocenters. The molecule has 2 saturated carbocycles. The zero-order valence-corrected chi connectivity index (χ0v) is 16.0. The molecule has 0 heterocycles.